The van der Waals surface area contributed by atoms with Gasteiger partial charge in [-0.05, 0) is 48.2 Å². The van der Waals surface area contributed by atoms with Gasteiger partial charge in [-0.15, -0.1) is 0 Å². The quantitative estimate of drug-likeness (QED) is 0.300. The van der Waals surface area contributed by atoms with Gasteiger partial charge in [-0.25, -0.2) is 0 Å². The molecule has 0 aromatic heterocycles. The third-order valence-electron chi connectivity index (χ3n) is 5.17. The highest BCUT2D eigenvalue weighted by atomic mass is 35.5. The summed E-state index contributed by atoms with van der Waals surface area (Å²) in [5.74, 6) is 0.847. The molecule has 2 aromatic rings. The van der Waals surface area contributed by atoms with Gasteiger partial charge in [-0.3, -0.25) is 0 Å². The van der Waals surface area contributed by atoms with Gasteiger partial charge in [0.15, 0.2) is 5.75 Å². The van der Waals surface area contributed by atoms with Gasteiger partial charge in [-0.2, -0.15) is 0 Å². The molecule has 1 N–H and O–H groups in total. The van der Waals surface area contributed by atoms with E-state index >= 15 is 0 Å². The summed E-state index contributed by atoms with van der Waals surface area (Å²) in [6.45, 7) is 3.04. The molecule has 2 aromatic carbocycles. The summed E-state index contributed by atoms with van der Waals surface area (Å²) >= 11 is 12.0. The highest BCUT2D eigenvalue weighted by molar-refractivity contribution is 6.37. The van der Waals surface area contributed by atoms with E-state index in [-0.39, 0.29) is 15.8 Å². The molecule has 2 rings (SSSR count). The first kappa shape index (κ1) is 23.9. The zero-order valence-corrected chi connectivity index (χ0v) is 19.1. The van der Waals surface area contributed by atoms with Crippen LogP contribution >= 0.6 is 23.2 Å². The SMILES string of the molecule is CCCCCCCCCCCCOc1ccc(Cc2cc(Cl)c(O)c(Cl)c2)cc1. The first-order valence-corrected chi connectivity index (χ1v) is 11.7. The largest absolute Gasteiger partial charge is 0.505 e. The van der Waals surface area contributed by atoms with Gasteiger partial charge in [0.05, 0.1) is 16.7 Å². The molecule has 0 atom stereocenters. The minimum Gasteiger partial charge on any atom is -0.505 e. The van der Waals surface area contributed by atoms with Crippen LogP contribution in [0.1, 0.15) is 82.3 Å². The van der Waals surface area contributed by atoms with E-state index in [9.17, 15) is 5.11 Å². The molecule has 0 aliphatic carbocycles. The molecule has 0 fully saturated rings. The fourth-order valence-electron chi connectivity index (χ4n) is 3.44. The zero-order chi connectivity index (χ0) is 20.9. The highest BCUT2D eigenvalue weighted by Crippen LogP contribution is 2.33. The van der Waals surface area contributed by atoms with E-state index in [0.717, 1.165) is 29.9 Å². The Hall–Kier alpha value is -1.38. The maximum atomic E-state index is 9.66. The smallest absolute Gasteiger partial charge is 0.152 e. The first-order valence-electron chi connectivity index (χ1n) is 11.0. The number of rotatable bonds is 14. The van der Waals surface area contributed by atoms with Gasteiger partial charge < -0.3 is 9.84 Å². The van der Waals surface area contributed by atoms with Crippen LogP contribution in [0.15, 0.2) is 36.4 Å². The van der Waals surface area contributed by atoms with Crippen molar-refractivity contribution in [2.75, 3.05) is 6.61 Å². The third kappa shape index (κ3) is 9.31. The van der Waals surface area contributed by atoms with Gasteiger partial charge in [0.2, 0.25) is 0 Å². The maximum Gasteiger partial charge on any atom is 0.152 e. The Kier molecular flexibility index (Phi) is 11.3. The molecule has 29 heavy (non-hydrogen) atoms. The van der Waals surface area contributed by atoms with Crippen molar-refractivity contribution in [2.45, 2.75) is 77.6 Å². The Morgan fingerprint density at radius 3 is 1.79 bits per heavy atom. The Labute approximate surface area is 186 Å². The number of hydrogen-bond donors (Lipinski definition) is 1. The molecule has 0 aliphatic heterocycles. The van der Waals surface area contributed by atoms with E-state index in [2.05, 4.69) is 19.1 Å². The highest BCUT2D eigenvalue weighted by Gasteiger charge is 2.07. The standard InChI is InChI=1S/C25H34Cl2O2/c1-2-3-4-5-6-7-8-9-10-11-16-29-22-14-12-20(13-15-22)17-21-18-23(26)25(28)24(27)19-21/h12-15,18-19,28H,2-11,16-17H2,1H3. The van der Waals surface area contributed by atoms with Crippen molar-refractivity contribution >= 4 is 23.2 Å². The second-order valence-electron chi connectivity index (χ2n) is 7.76. The molecule has 0 saturated carbocycles. The summed E-state index contributed by atoms with van der Waals surface area (Å²) in [5.41, 5.74) is 2.12. The molecular weight excluding hydrogens is 403 g/mol. The van der Waals surface area contributed by atoms with Crippen molar-refractivity contribution < 1.29 is 9.84 Å². The monoisotopic (exact) mass is 436 g/mol. The second-order valence-corrected chi connectivity index (χ2v) is 8.57. The van der Waals surface area contributed by atoms with Crippen molar-refractivity contribution in [1.82, 2.24) is 0 Å². The van der Waals surface area contributed by atoms with E-state index in [1.165, 1.54) is 57.8 Å². The lowest BCUT2D eigenvalue weighted by molar-refractivity contribution is 0.304. The molecule has 2 nitrogen and oxygen atoms in total. The summed E-state index contributed by atoms with van der Waals surface area (Å²) < 4.78 is 5.86. The number of hydrogen-bond acceptors (Lipinski definition) is 2. The van der Waals surface area contributed by atoms with E-state index in [1.54, 1.807) is 12.1 Å². The summed E-state index contributed by atoms with van der Waals surface area (Å²) in [6, 6.07) is 11.6. The summed E-state index contributed by atoms with van der Waals surface area (Å²) in [5, 5.41) is 10.2. The Balaban J connectivity index is 1.60. The molecule has 0 aliphatic rings. The molecule has 0 heterocycles. The van der Waals surface area contributed by atoms with Crippen LogP contribution in [0.3, 0.4) is 0 Å². The van der Waals surface area contributed by atoms with Crippen LogP contribution in [0.25, 0.3) is 0 Å². The molecule has 0 saturated heterocycles. The fourth-order valence-corrected chi connectivity index (χ4v) is 3.97. The molecule has 0 unspecified atom stereocenters. The number of phenols is 1. The summed E-state index contributed by atoms with van der Waals surface area (Å²) in [4.78, 5) is 0. The molecule has 0 radical (unpaired) electrons. The third-order valence-corrected chi connectivity index (χ3v) is 5.75. The van der Waals surface area contributed by atoms with Crippen molar-refractivity contribution in [3.8, 4) is 11.5 Å². The van der Waals surface area contributed by atoms with Crippen LogP contribution in [0, 0.1) is 0 Å². The number of aromatic hydroxyl groups is 1. The Morgan fingerprint density at radius 1 is 0.724 bits per heavy atom. The number of ether oxygens (including phenoxy) is 1. The van der Waals surface area contributed by atoms with Gasteiger partial charge in [-0.1, -0.05) is 100 Å². The fraction of sp³-hybridized carbons (Fsp3) is 0.520. The molecule has 4 heteroatoms. The lowest BCUT2D eigenvalue weighted by Gasteiger charge is -2.09. The van der Waals surface area contributed by atoms with E-state index in [1.807, 2.05) is 12.1 Å². The topological polar surface area (TPSA) is 29.5 Å². The lowest BCUT2D eigenvalue weighted by Crippen LogP contribution is -1.97. The van der Waals surface area contributed by atoms with Crippen molar-refractivity contribution in [3.63, 3.8) is 0 Å². The molecule has 0 amide bonds. The summed E-state index contributed by atoms with van der Waals surface area (Å²) in [7, 11) is 0. The van der Waals surface area contributed by atoms with Gasteiger partial charge in [0.25, 0.3) is 0 Å². The zero-order valence-electron chi connectivity index (χ0n) is 17.6. The van der Waals surface area contributed by atoms with Crippen LogP contribution in [0.4, 0.5) is 0 Å². The minimum atomic E-state index is -0.0622. The number of halogens is 2. The predicted molar refractivity (Wildman–Crippen MR) is 125 cm³/mol. The van der Waals surface area contributed by atoms with E-state index < -0.39 is 0 Å². The Bertz CT molecular complexity index is 690. The average molecular weight is 437 g/mol. The second kappa shape index (κ2) is 13.8. The predicted octanol–water partition coefficient (Wildman–Crippen LogP) is 8.59. The molecule has 0 bridgehead atoms. The van der Waals surface area contributed by atoms with Crippen LogP contribution in [0.5, 0.6) is 11.5 Å². The summed E-state index contributed by atoms with van der Waals surface area (Å²) in [6.07, 6.45) is 14.0. The van der Waals surface area contributed by atoms with Crippen molar-refractivity contribution in [2.24, 2.45) is 0 Å². The van der Waals surface area contributed by atoms with Crippen molar-refractivity contribution in [3.05, 3.63) is 57.6 Å². The van der Waals surface area contributed by atoms with Gasteiger partial charge >= 0.3 is 0 Å². The maximum absolute atomic E-state index is 9.66. The van der Waals surface area contributed by atoms with E-state index in [4.69, 9.17) is 27.9 Å². The van der Waals surface area contributed by atoms with Crippen LogP contribution < -0.4 is 4.74 Å². The first-order chi connectivity index (χ1) is 14.1. The number of benzene rings is 2. The molecular formula is C25H34Cl2O2. The molecule has 0 spiro atoms. The van der Waals surface area contributed by atoms with Crippen molar-refractivity contribution in [1.29, 1.82) is 0 Å². The van der Waals surface area contributed by atoms with Gasteiger partial charge in [0, 0.05) is 0 Å². The van der Waals surface area contributed by atoms with E-state index in [0.29, 0.717) is 6.42 Å². The Morgan fingerprint density at radius 2 is 1.24 bits per heavy atom. The van der Waals surface area contributed by atoms with Gasteiger partial charge in [0.1, 0.15) is 5.75 Å². The average Bonchev–Trinajstić information content (AvgIpc) is 2.71. The normalized spacial score (nSPS) is 11.0. The number of phenolic OH excluding ortho intramolecular Hbond substituents is 1. The van der Waals surface area contributed by atoms with Crippen LogP contribution in [-0.2, 0) is 6.42 Å². The molecule has 160 valence electrons. The minimum absolute atomic E-state index is 0.0622. The lowest BCUT2D eigenvalue weighted by atomic mass is 10.0. The van der Waals surface area contributed by atoms with Crippen LogP contribution in [0.2, 0.25) is 10.0 Å². The van der Waals surface area contributed by atoms with Crippen LogP contribution in [-0.4, -0.2) is 11.7 Å². The number of unbranched alkanes of at least 4 members (excludes halogenated alkanes) is 9.